The van der Waals surface area contributed by atoms with Crippen LogP contribution in [0.5, 0.6) is 0 Å². The van der Waals surface area contributed by atoms with Crippen molar-refractivity contribution in [3.05, 3.63) is 52.4 Å². The highest BCUT2D eigenvalue weighted by Gasteiger charge is 2.31. The highest BCUT2D eigenvalue weighted by atomic mass is 28.1. The number of benzene rings is 3. The van der Waals surface area contributed by atoms with Gasteiger partial charge in [-0.15, -0.1) is 0 Å². The Morgan fingerprint density at radius 1 is 0.333 bits per heavy atom. The van der Waals surface area contributed by atoms with E-state index in [0.717, 1.165) is 0 Å². The van der Waals surface area contributed by atoms with Gasteiger partial charge in [-0.25, -0.2) is 39.5 Å². The van der Waals surface area contributed by atoms with Gasteiger partial charge in [0.25, 0.3) is 0 Å². The van der Waals surface area contributed by atoms with Crippen LogP contribution in [0.2, 0.25) is 0 Å². The van der Waals surface area contributed by atoms with Gasteiger partial charge in [-0.2, -0.15) is 0 Å². The maximum Gasteiger partial charge on any atom is 0.198 e. The monoisotopic (exact) mass is 370 g/mol. The maximum absolute atomic E-state index is 14.4. The van der Waals surface area contributed by atoms with Gasteiger partial charge in [-0.3, -0.25) is 0 Å². The summed E-state index contributed by atoms with van der Waals surface area (Å²) in [5.41, 5.74) is 0. The van der Waals surface area contributed by atoms with Crippen molar-refractivity contribution < 1.29 is 39.5 Å². The van der Waals surface area contributed by atoms with Gasteiger partial charge < -0.3 is 0 Å². The third-order valence-corrected chi connectivity index (χ3v) is 4.72. The van der Waals surface area contributed by atoms with Gasteiger partial charge in [0.2, 0.25) is 0 Å². The molecule has 0 amide bonds. The molecule has 0 radical (unpaired) electrons. The summed E-state index contributed by atoms with van der Waals surface area (Å²) in [6, 6.07) is 0. The Morgan fingerprint density at radius 2 is 0.583 bits per heavy atom. The van der Waals surface area contributed by atoms with Crippen molar-refractivity contribution in [2.75, 3.05) is 0 Å². The Kier molecular flexibility index (Phi) is 3.55. The molecule has 10 heteroatoms. The van der Waals surface area contributed by atoms with E-state index in [1.807, 2.05) is 0 Å². The number of hydrogen-bond donors (Lipinski definition) is 0. The Hall–Kier alpha value is -2.23. The molecule has 0 saturated heterocycles. The Balaban J connectivity index is 2.82. The summed E-state index contributed by atoms with van der Waals surface area (Å²) in [4.78, 5) is 0. The normalized spacial score (nSPS) is 11.9. The second-order valence-corrected chi connectivity index (χ2v) is 5.95. The van der Waals surface area contributed by atoms with Crippen LogP contribution in [0.15, 0.2) is 0 Å². The first kappa shape index (κ1) is 16.6. The first-order valence-corrected chi connectivity index (χ1v) is 7.20. The second-order valence-electron chi connectivity index (χ2n) is 4.95. The van der Waals surface area contributed by atoms with Gasteiger partial charge in [0.1, 0.15) is 5.82 Å². The fourth-order valence-corrected chi connectivity index (χ4v) is 3.57. The Labute approximate surface area is 129 Å². The molecule has 0 aliphatic rings. The molecular weight excluding hydrogens is 367 g/mol. The zero-order valence-electron chi connectivity index (χ0n) is 11.4. The molecule has 0 unspecified atom stereocenters. The largest absolute Gasteiger partial charge is 0.205 e. The molecule has 0 aliphatic heterocycles. The van der Waals surface area contributed by atoms with E-state index in [1.54, 1.807) is 0 Å². The second kappa shape index (κ2) is 5.13. The first-order chi connectivity index (χ1) is 11.1. The van der Waals surface area contributed by atoms with Gasteiger partial charge in [0, 0.05) is 21.0 Å². The van der Waals surface area contributed by atoms with E-state index in [4.69, 9.17) is 0 Å². The fourth-order valence-electron chi connectivity index (χ4n) is 2.63. The van der Waals surface area contributed by atoms with Gasteiger partial charge in [-0.1, -0.05) is 0 Å². The van der Waals surface area contributed by atoms with Crippen LogP contribution >= 0.6 is 0 Å². The summed E-state index contributed by atoms with van der Waals surface area (Å²) in [5.74, 6) is -19.9. The highest BCUT2D eigenvalue weighted by molar-refractivity contribution is 6.45. The molecule has 0 nitrogen and oxygen atoms in total. The number of hydrogen-bond acceptors (Lipinski definition) is 0. The topological polar surface area (TPSA) is 0 Å². The van der Waals surface area contributed by atoms with E-state index in [2.05, 4.69) is 0 Å². The third kappa shape index (κ3) is 1.82. The molecule has 0 aromatic heterocycles. The van der Waals surface area contributed by atoms with Crippen molar-refractivity contribution in [2.45, 2.75) is 0 Å². The Bertz CT molecular complexity index is 894. The van der Waals surface area contributed by atoms with Gasteiger partial charge >= 0.3 is 0 Å². The van der Waals surface area contributed by atoms with Crippen molar-refractivity contribution in [3.63, 3.8) is 0 Å². The molecule has 24 heavy (non-hydrogen) atoms. The molecule has 0 saturated carbocycles. The molecule has 0 atom stereocenters. The molecule has 0 spiro atoms. The molecule has 126 valence electrons. The highest BCUT2D eigenvalue weighted by Crippen LogP contribution is 2.35. The zero-order chi connectivity index (χ0) is 18.1. The first-order valence-electron chi connectivity index (χ1n) is 6.20. The van der Waals surface area contributed by atoms with Gasteiger partial charge in [0.15, 0.2) is 46.5 Å². The van der Waals surface area contributed by atoms with Gasteiger partial charge in [0.05, 0.1) is 10.8 Å². The Morgan fingerprint density at radius 3 is 0.875 bits per heavy atom. The third-order valence-electron chi connectivity index (χ3n) is 3.72. The average molecular weight is 370 g/mol. The van der Waals surface area contributed by atoms with Crippen molar-refractivity contribution in [2.24, 2.45) is 0 Å². The molecule has 0 aliphatic carbocycles. The molecule has 3 aromatic carbocycles. The molecular formula is C14H3F9Si. The molecule has 0 N–H and O–H groups in total. The maximum atomic E-state index is 14.4. The summed E-state index contributed by atoms with van der Waals surface area (Å²) >= 11 is 0. The van der Waals surface area contributed by atoms with Crippen LogP contribution in [0, 0.1) is 52.4 Å². The van der Waals surface area contributed by atoms with E-state index in [0.29, 0.717) is 0 Å². The summed E-state index contributed by atoms with van der Waals surface area (Å²) in [6.07, 6.45) is 0. The van der Waals surface area contributed by atoms with E-state index < -0.39 is 89.3 Å². The van der Waals surface area contributed by atoms with Crippen molar-refractivity contribution in [3.8, 4) is 0 Å². The van der Waals surface area contributed by atoms with Crippen LogP contribution in [0.25, 0.3) is 21.5 Å². The lowest BCUT2D eigenvalue weighted by molar-refractivity contribution is 0.413. The van der Waals surface area contributed by atoms with Crippen LogP contribution in [-0.2, 0) is 0 Å². The van der Waals surface area contributed by atoms with E-state index >= 15 is 0 Å². The lowest BCUT2D eigenvalue weighted by Gasteiger charge is -2.14. The molecule has 0 bridgehead atoms. The summed E-state index contributed by atoms with van der Waals surface area (Å²) < 4.78 is 123. The van der Waals surface area contributed by atoms with Crippen LogP contribution in [0.3, 0.4) is 0 Å². The van der Waals surface area contributed by atoms with Crippen molar-refractivity contribution in [1.82, 2.24) is 0 Å². The number of halogens is 9. The molecule has 0 fully saturated rings. The molecule has 3 aromatic rings. The van der Waals surface area contributed by atoms with Crippen LogP contribution in [-0.4, -0.2) is 10.2 Å². The summed E-state index contributed by atoms with van der Waals surface area (Å²) in [5, 5.41) is -6.08. The quantitative estimate of drug-likeness (QED) is 0.187. The molecule has 0 heterocycles. The predicted octanol–water partition coefficient (Wildman–Crippen LogP) is 3.24. The SMILES string of the molecule is Fc1c(F)c(F)c2c([SiH3])c3c(F)c(F)c(F)c(F)c3c(F)c2c1F. The predicted molar refractivity (Wildman–Crippen MR) is 70.6 cm³/mol. The standard InChI is InChI=1S/C14H3F9Si/c15-5-1-3(8(18)12(22)10(20)6(1)16)14(24)4-2(5)7(17)11(21)13(23)9(4)19/h24H3. The number of fused-ring (bicyclic) bond motifs is 2. The van der Waals surface area contributed by atoms with Gasteiger partial charge in [-0.05, 0) is 5.19 Å². The summed E-state index contributed by atoms with van der Waals surface area (Å²) in [6.45, 7) is 0. The lowest BCUT2D eigenvalue weighted by atomic mass is 9.99. The van der Waals surface area contributed by atoms with E-state index in [9.17, 15) is 39.5 Å². The van der Waals surface area contributed by atoms with E-state index in [1.165, 1.54) is 0 Å². The smallest absolute Gasteiger partial charge is 0.198 e. The fraction of sp³-hybridized carbons (Fsp3) is 0. The van der Waals surface area contributed by atoms with Crippen molar-refractivity contribution in [1.29, 1.82) is 0 Å². The zero-order valence-corrected chi connectivity index (χ0v) is 13.4. The van der Waals surface area contributed by atoms with E-state index in [-0.39, 0.29) is 0 Å². The van der Waals surface area contributed by atoms with Crippen LogP contribution in [0.1, 0.15) is 0 Å². The number of rotatable bonds is 0. The lowest BCUT2D eigenvalue weighted by Crippen LogP contribution is -2.17. The average Bonchev–Trinajstić information content (AvgIpc) is 2.55. The summed E-state index contributed by atoms with van der Waals surface area (Å²) in [7, 11) is -0.475. The molecule has 3 rings (SSSR count). The minimum Gasteiger partial charge on any atom is -0.205 e. The van der Waals surface area contributed by atoms with Crippen molar-refractivity contribution >= 4 is 37.0 Å². The minimum atomic E-state index is -2.37. The minimum absolute atomic E-state index is 0.475. The van der Waals surface area contributed by atoms with Crippen LogP contribution in [0.4, 0.5) is 39.5 Å². The van der Waals surface area contributed by atoms with Crippen LogP contribution < -0.4 is 5.19 Å².